The minimum absolute atomic E-state index is 0.0161. The summed E-state index contributed by atoms with van der Waals surface area (Å²) in [6.07, 6.45) is -1.89. The number of carbonyl (C=O) groups excluding carboxylic acids is 1. The molecule has 1 amide bonds. The molecule has 0 saturated carbocycles. The van der Waals surface area contributed by atoms with Crippen LogP contribution < -0.4 is 5.32 Å². The third-order valence-electron chi connectivity index (χ3n) is 5.74. The average Bonchev–Trinajstić information content (AvgIpc) is 3.11. The maximum absolute atomic E-state index is 14.8. The van der Waals surface area contributed by atoms with Crippen LogP contribution >= 0.6 is 0 Å². The van der Waals surface area contributed by atoms with E-state index in [4.69, 9.17) is 0 Å². The predicted molar refractivity (Wildman–Crippen MR) is 115 cm³/mol. The predicted octanol–water partition coefficient (Wildman–Crippen LogP) is 5.37. The average molecular weight is 458 g/mol. The Balaban J connectivity index is 1.51. The summed E-state index contributed by atoms with van der Waals surface area (Å²) in [5, 5.41) is 3.25. The highest BCUT2D eigenvalue weighted by atomic mass is 19.4. The number of pyridine rings is 2. The summed E-state index contributed by atoms with van der Waals surface area (Å²) in [5.41, 5.74) is 1.68. The molecule has 0 bridgehead atoms. The van der Waals surface area contributed by atoms with E-state index in [0.29, 0.717) is 35.6 Å². The van der Waals surface area contributed by atoms with Crippen LogP contribution in [0.15, 0.2) is 48.8 Å². The fourth-order valence-corrected chi connectivity index (χ4v) is 3.89. The molecule has 0 radical (unpaired) electrons. The Morgan fingerprint density at radius 2 is 1.88 bits per heavy atom. The number of amides is 1. The smallest absolute Gasteiger partial charge is 0.363 e. The van der Waals surface area contributed by atoms with Gasteiger partial charge in [0.25, 0.3) is 5.91 Å². The first-order valence-electron chi connectivity index (χ1n) is 10.5. The van der Waals surface area contributed by atoms with Crippen molar-refractivity contribution in [3.05, 3.63) is 88.1 Å². The zero-order chi connectivity index (χ0) is 23.8. The third kappa shape index (κ3) is 4.67. The van der Waals surface area contributed by atoms with Crippen LogP contribution in [-0.2, 0) is 19.1 Å². The summed E-state index contributed by atoms with van der Waals surface area (Å²) < 4.78 is 53.5. The molecule has 33 heavy (non-hydrogen) atoms. The molecule has 3 heterocycles. The molecule has 1 aromatic carbocycles. The molecule has 5 nitrogen and oxygen atoms in total. The fraction of sp³-hybridized carbons (Fsp3) is 0.292. The van der Waals surface area contributed by atoms with Crippen LogP contribution in [-0.4, -0.2) is 27.3 Å². The highest BCUT2D eigenvalue weighted by Gasteiger charge is 2.32. The number of benzene rings is 1. The van der Waals surface area contributed by atoms with Crippen molar-refractivity contribution in [2.45, 2.75) is 39.0 Å². The lowest BCUT2D eigenvalue weighted by molar-refractivity contribution is -0.141. The van der Waals surface area contributed by atoms with E-state index >= 15 is 0 Å². The number of nitrogens with zero attached hydrogens (tertiary/aromatic N) is 3. The second-order valence-electron chi connectivity index (χ2n) is 7.95. The molecule has 0 aliphatic carbocycles. The van der Waals surface area contributed by atoms with Crippen molar-refractivity contribution >= 4 is 11.7 Å². The summed E-state index contributed by atoms with van der Waals surface area (Å²) in [6.45, 7) is 4.82. The minimum atomic E-state index is -4.55. The maximum Gasteiger partial charge on any atom is 0.433 e. The van der Waals surface area contributed by atoms with E-state index in [1.165, 1.54) is 12.1 Å². The van der Waals surface area contributed by atoms with E-state index in [0.717, 1.165) is 17.8 Å². The molecular formula is C24H22F4N4O. The number of halogens is 4. The molecule has 0 saturated heterocycles. The Morgan fingerprint density at radius 1 is 1.12 bits per heavy atom. The molecule has 0 unspecified atom stereocenters. The minimum Gasteiger partial charge on any atom is -0.363 e. The van der Waals surface area contributed by atoms with Gasteiger partial charge in [0, 0.05) is 36.5 Å². The van der Waals surface area contributed by atoms with Gasteiger partial charge in [0.1, 0.15) is 17.3 Å². The van der Waals surface area contributed by atoms with Crippen molar-refractivity contribution in [1.82, 2.24) is 14.9 Å². The highest BCUT2D eigenvalue weighted by molar-refractivity contribution is 5.99. The summed E-state index contributed by atoms with van der Waals surface area (Å²) >= 11 is 0. The topological polar surface area (TPSA) is 58.1 Å². The lowest BCUT2D eigenvalue weighted by Crippen LogP contribution is -2.22. The van der Waals surface area contributed by atoms with Gasteiger partial charge in [-0.15, -0.1) is 0 Å². The summed E-state index contributed by atoms with van der Waals surface area (Å²) in [5.74, 6) is 0.0288. The van der Waals surface area contributed by atoms with E-state index in [1.54, 1.807) is 29.3 Å². The van der Waals surface area contributed by atoms with Crippen LogP contribution in [0.2, 0.25) is 0 Å². The molecular weight excluding hydrogens is 436 g/mol. The normalized spacial score (nSPS) is 14.4. The van der Waals surface area contributed by atoms with Crippen molar-refractivity contribution < 1.29 is 22.4 Å². The van der Waals surface area contributed by atoms with Gasteiger partial charge in [0.05, 0.1) is 12.6 Å². The van der Waals surface area contributed by atoms with E-state index in [1.807, 2.05) is 13.8 Å². The molecule has 172 valence electrons. The molecule has 4 rings (SSSR count). The van der Waals surface area contributed by atoms with E-state index < -0.39 is 17.7 Å². The van der Waals surface area contributed by atoms with Crippen LogP contribution in [0.5, 0.6) is 0 Å². The van der Waals surface area contributed by atoms with Gasteiger partial charge in [0.15, 0.2) is 0 Å². The van der Waals surface area contributed by atoms with Crippen LogP contribution in [0.25, 0.3) is 0 Å². The maximum atomic E-state index is 14.8. The molecule has 1 N–H and O–H groups in total. The number of fused-ring (bicyclic) bond motifs is 1. The number of nitrogens with one attached hydrogen (secondary N) is 1. The number of anilines is 1. The number of hydrogen-bond donors (Lipinski definition) is 1. The second kappa shape index (κ2) is 8.80. The Labute approximate surface area is 188 Å². The zero-order valence-electron chi connectivity index (χ0n) is 18.1. The molecule has 3 aromatic rings. The lowest BCUT2D eigenvalue weighted by atomic mass is 10.0. The van der Waals surface area contributed by atoms with Crippen LogP contribution in [0.1, 0.15) is 58.2 Å². The SMILES string of the molecule is CCN1Cc2c(ccnc2N[C@@H](C)c2ccc(Cc3ccnc(C(F)(F)F)c3)c(F)c2)C1=O. The fourth-order valence-electron chi connectivity index (χ4n) is 3.89. The van der Waals surface area contributed by atoms with Gasteiger partial charge in [-0.2, -0.15) is 13.2 Å². The molecule has 1 aliphatic heterocycles. The Hall–Kier alpha value is -3.49. The van der Waals surface area contributed by atoms with E-state index in [2.05, 4.69) is 15.3 Å². The van der Waals surface area contributed by atoms with Crippen LogP contribution in [0, 0.1) is 5.82 Å². The van der Waals surface area contributed by atoms with E-state index in [-0.39, 0.29) is 23.9 Å². The van der Waals surface area contributed by atoms with Gasteiger partial charge in [-0.25, -0.2) is 9.37 Å². The lowest BCUT2D eigenvalue weighted by Gasteiger charge is -2.18. The molecule has 1 aliphatic rings. The van der Waals surface area contributed by atoms with Gasteiger partial charge in [-0.3, -0.25) is 9.78 Å². The molecule has 1 atom stereocenters. The van der Waals surface area contributed by atoms with Gasteiger partial charge in [-0.05, 0) is 54.8 Å². The first-order valence-corrected chi connectivity index (χ1v) is 10.5. The van der Waals surface area contributed by atoms with Crippen molar-refractivity contribution in [2.75, 3.05) is 11.9 Å². The van der Waals surface area contributed by atoms with Crippen molar-refractivity contribution in [1.29, 1.82) is 0 Å². The second-order valence-corrected chi connectivity index (χ2v) is 7.95. The van der Waals surface area contributed by atoms with Gasteiger partial charge in [-0.1, -0.05) is 12.1 Å². The molecule has 0 fully saturated rings. The highest BCUT2D eigenvalue weighted by Crippen LogP contribution is 2.31. The summed E-state index contributed by atoms with van der Waals surface area (Å²) in [6, 6.07) is 8.43. The van der Waals surface area contributed by atoms with Crippen LogP contribution in [0.4, 0.5) is 23.4 Å². The third-order valence-corrected chi connectivity index (χ3v) is 5.74. The van der Waals surface area contributed by atoms with Crippen molar-refractivity contribution in [3.8, 4) is 0 Å². The Morgan fingerprint density at radius 3 is 2.58 bits per heavy atom. The van der Waals surface area contributed by atoms with Crippen molar-refractivity contribution in [2.24, 2.45) is 0 Å². The first-order chi connectivity index (χ1) is 15.7. The monoisotopic (exact) mass is 458 g/mol. The number of alkyl halides is 3. The molecule has 2 aromatic heterocycles. The number of hydrogen-bond acceptors (Lipinski definition) is 4. The Bertz CT molecular complexity index is 1200. The summed E-state index contributed by atoms with van der Waals surface area (Å²) in [4.78, 5) is 21.8. The zero-order valence-corrected chi connectivity index (χ0v) is 18.1. The number of aromatic nitrogens is 2. The largest absolute Gasteiger partial charge is 0.433 e. The quantitative estimate of drug-likeness (QED) is 0.505. The number of rotatable bonds is 6. The van der Waals surface area contributed by atoms with Gasteiger partial charge < -0.3 is 10.2 Å². The van der Waals surface area contributed by atoms with Gasteiger partial charge in [0.2, 0.25) is 0 Å². The number of carbonyl (C=O) groups is 1. The van der Waals surface area contributed by atoms with E-state index in [9.17, 15) is 22.4 Å². The van der Waals surface area contributed by atoms with Crippen molar-refractivity contribution in [3.63, 3.8) is 0 Å². The standard InChI is InChI=1S/C24H22F4N4O/c1-3-32-13-19-18(23(32)33)7-9-30-22(19)31-14(2)16-4-5-17(20(25)12-16)10-15-6-8-29-21(11-15)24(26,27)28/h4-9,11-12,14H,3,10,13H2,1-2H3,(H,30,31)/t14-/m0/s1. The van der Waals surface area contributed by atoms with Crippen LogP contribution in [0.3, 0.4) is 0 Å². The first kappa shape index (κ1) is 22.7. The van der Waals surface area contributed by atoms with Gasteiger partial charge >= 0.3 is 6.18 Å². The summed E-state index contributed by atoms with van der Waals surface area (Å²) in [7, 11) is 0. The molecule has 9 heteroatoms. The molecule has 0 spiro atoms. The Kier molecular flexibility index (Phi) is 6.05.